The molecule has 0 spiro atoms. The molecule has 0 fully saturated rings. The minimum absolute atomic E-state index is 0. The van der Waals surface area contributed by atoms with Gasteiger partial charge in [0.1, 0.15) is 50.9 Å². The summed E-state index contributed by atoms with van der Waals surface area (Å²) in [6, 6.07) is 85.1. The lowest BCUT2D eigenvalue weighted by atomic mass is 10.1. The average molecular weight is 2510 g/mol. The summed E-state index contributed by atoms with van der Waals surface area (Å²) in [5.41, 5.74) is 14.4. The number of hydrogen-bond donors (Lipinski definition) is 0. The van der Waals surface area contributed by atoms with E-state index in [4.69, 9.17) is 14.2 Å². The topological polar surface area (TPSA) is 58.8 Å². The number of nitrogens with zero attached hydrogens (tertiary/aromatic N) is 12. The maximum absolute atomic E-state index is 5.78. The van der Waals surface area contributed by atoms with Gasteiger partial charge in [0, 0.05) is 108 Å². The van der Waals surface area contributed by atoms with E-state index in [2.05, 4.69) is 403 Å². The third-order valence-corrected chi connectivity index (χ3v) is 28.1. The zero-order chi connectivity index (χ0) is 89.1. The number of rotatable bonds is 36. The molecule has 3 aliphatic rings. The highest BCUT2D eigenvalue weighted by Gasteiger charge is 2.34. The number of pyridine rings is 3. The molecule has 3 aromatic heterocycles. The van der Waals surface area contributed by atoms with Crippen LogP contribution >= 0.6 is 35.3 Å². The zero-order valence-corrected chi connectivity index (χ0v) is 96.1. The number of aromatic nitrogens is 3. The molecule has 708 valence electrons. The van der Waals surface area contributed by atoms with Gasteiger partial charge in [-0.2, -0.15) is 13.7 Å². The van der Waals surface area contributed by atoms with Crippen LogP contribution in [0.3, 0.4) is 0 Å². The van der Waals surface area contributed by atoms with Gasteiger partial charge in [0.05, 0.1) is 175 Å². The average Bonchev–Trinajstić information content (AvgIpc) is 0.832. The Bertz CT molecular complexity index is 5790. The van der Waals surface area contributed by atoms with E-state index in [0.717, 1.165) is 175 Å². The number of hydrogen-bond acceptors (Lipinski definition) is 12. The molecule has 3 aliphatic heterocycles. The quantitative estimate of drug-likeness (QED) is 0.0292. The van der Waals surface area contributed by atoms with Crippen molar-refractivity contribution < 1.29 is 185 Å². The van der Waals surface area contributed by atoms with E-state index in [1.165, 1.54) is 122 Å². The molecule has 0 saturated heterocycles. The van der Waals surface area contributed by atoms with Gasteiger partial charge in [-0.3, -0.25) is 14.7 Å². The predicted octanol–water partition coefficient (Wildman–Crippen LogP) is 5.30. The lowest BCUT2D eigenvalue weighted by molar-refractivity contribution is -0.890. The number of halogens is 6. The van der Waals surface area contributed by atoms with Crippen LogP contribution in [-0.4, -0.2) is 177 Å². The third kappa shape index (κ3) is 28.6. The van der Waals surface area contributed by atoms with Gasteiger partial charge in [-0.05, 0) is 177 Å². The SMILES string of the molecule is CCCCN(CCC[N+](C)(C)C)c1cc(C=C2Sc3ccccc3N2C)c2ccc(OC)cc2[n+]1-c1ccccc1.CCCCN(CCC[N+](C)(C)CC)c1cc(C=C2Sc3ccccc3N2C)c2ccc(OC)cc2[n+]1-c1ccccc1.CCCCN(CCC[N+](C)(C)CCC)c1cc(C=C2Sc3ccccc3N2C)c2ccc(OC)cc2[n+]1-c1ccccc1.[I-].[I-].[I-].[I-].[I-].[I-]. The van der Waals surface area contributed by atoms with Crippen molar-refractivity contribution in [3.63, 3.8) is 0 Å². The summed E-state index contributed by atoms with van der Waals surface area (Å²) < 4.78 is 27.7. The van der Waals surface area contributed by atoms with Gasteiger partial charge in [-0.1, -0.05) is 173 Å². The summed E-state index contributed by atoms with van der Waals surface area (Å²) in [6.45, 7) is 23.3. The van der Waals surface area contributed by atoms with Crippen LogP contribution in [0.2, 0.25) is 0 Å². The summed E-state index contributed by atoms with van der Waals surface area (Å²) in [5, 5.41) is 7.33. The number of benzene rings is 9. The molecule has 24 heteroatoms. The van der Waals surface area contributed by atoms with Crippen molar-refractivity contribution in [1.82, 2.24) is 0 Å². The van der Waals surface area contributed by atoms with Crippen LogP contribution in [0.4, 0.5) is 34.5 Å². The van der Waals surface area contributed by atoms with Crippen LogP contribution in [0.15, 0.2) is 266 Å². The molecule has 0 aliphatic carbocycles. The molecule has 12 aromatic rings. The molecule has 0 radical (unpaired) electrons. The van der Waals surface area contributed by atoms with E-state index in [9.17, 15) is 0 Å². The molecule has 0 atom stereocenters. The number of anilines is 6. The van der Waals surface area contributed by atoms with E-state index < -0.39 is 0 Å². The maximum Gasteiger partial charge on any atom is 0.282 e. The molecular formula is C108H138I6N12O3S3. The molecule has 132 heavy (non-hydrogen) atoms. The molecular weight excluding hydrogens is 2370 g/mol. The first kappa shape index (κ1) is 113. The number of ether oxygens (including phenoxy) is 3. The molecule has 15 nitrogen and oxygen atoms in total. The van der Waals surface area contributed by atoms with Crippen molar-refractivity contribution in [3.05, 3.63) is 268 Å². The summed E-state index contributed by atoms with van der Waals surface area (Å²) in [6.07, 6.45) is 18.7. The third-order valence-electron chi connectivity index (χ3n) is 24.6. The smallest absolute Gasteiger partial charge is 0.282 e. The molecule has 0 amide bonds. The largest absolute Gasteiger partial charge is 1.00 e. The van der Waals surface area contributed by atoms with Crippen LogP contribution in [-0.2, 0) is 0 Å². The highest BCUT2D eigenvalue weighted by atomic mass is 127. The highest BCUT2D eigenvalue weighted by molar-refractivity contribution is 8.04. The molecule has 0 bridgehead atoms. The number of para-hydroxylation sites is 6. The summed E-state index contributed by atoms with van der Waals surface area (Å²) >= 11 is 5.53. The van der Waals surface area contributed by atoms with Crippen LogP contribution in [0.1, 0.15) is 116 Å². The van der Waals surface area contributed by atoms with Crippen molar-refractivity contribution in [3.8, 4) is 34.3 Å². The van der Waals surface area contributed by atoms with Crippen LogP contribution in [0.5, 0.6) is 17.2 Å². The Labute approximate surface area is 905 Å². The van der Waals surface area contributed by atoms with E-state index in [0.29, 0.717) is 0 Å². The zero-order valence-electron chi connectivity index (χ0n) is 80.7. The second kappa shape index (κ2) is 53.8. The predicted molar refractivity (Wildman–Crippen MR) is 540 cm³/mol. The summed E-state index contributed by atoms with van der Waals surface area (Å²) in [5.74, 6) is 6.28. The van der Waals surface area contributed by atoms with Crippen molar-refractivity contribution in [1.29, 1.82) is 0 Å². The van der Waals surface area contributed by atoms with Gasteiger partial charge in [0.15, 0.2) is 0 Å². The van der Waals surface area contributed by atoms with Crippen LogP contribution in [0, 0.1) is 0 Å². The summed E-state index contributed by atoms with van der Waals surface area (Å²) in [7, 11) is 28.0. The van der Waals surface area contributed by atoms with Crippen molar-refractivity contribution >= 4 is 121 Å². The van der Waals surface area contributed by atoms with Gasteiger partial charge in [0.25, 0.3) is 17.5 Å². The lowest BCUT2D eigenvalue weighted by Gasteiger charge is -2.30. The number of quaternary nitrogens is 3. The van der Waals surface area contributed by atoms with Crippen LogP contribution < -0.4 is 201 Å². The second-order valence-electron chi connectivity index (χ2n) is 35.8. The number of fused-ring (bicyclic) bond motifs is 6. The first-order chi connectivity index (χ1) is 61.0. The van der Waals surface area contributed by atoms with Gasteiger partial charge >= 0.3 is 0 Å². The molecule has 6 heterocycles. The van der Waals surface area contributed by atoms with E-state index >= 15 is 0 Å². The Morgan fingerprint density at radius 3 is 0.848 bits per heavy atom. The fourth-order valence-electron chi connectivity index (χ4n) is 17.2. The standard InChI is InChI=1S/C37H48N4OS.C36H46N4OS.C35H44N4OS.6HI/c1-7-9-22-39(23-15-25-41(4,5)24-8-2)36-26-29(27-37-38(3)33-18-13-14-19-35(33)43-37)32-21-20-31(42-6)28-34(32)40(36)30-16-11-10-12-17-30;1-7-9-22-38(23-15-24-40(4,5)8-2)35-25-28(26-36-37(3)32-18-13-14-19-34(32)42-36)31-21-20-30(41-6)27-33(31)39(35)29-16-11-10-12-17-29;1-7-8-21-37(22-14-23-39(3,4)5)34-24-27(25-35-36(2)31-17-12-13-18-33(31)41-35)30-20-19-29(40-6)26-32(30)38(34)28-15-10-9-11-16-28;;;;;;/h10-14,16-21,26-28H,7-9,15,22-25H2,1-6H3;10-14,16-21,25-27H,7-9,15,22-24H2,1-6H3;9-13,15-20,24-26H,7-8,14,21-23H2,1-6H3;6*1H/q3*+2;;;;;;/p-6. The number of methoxy groups -OCH3 is 3. The van der Waals surface area contributed by atoms with Gasteiger partial charge in [0.2, 0.25) is 0 Å². The van der Waals surface area contributed by atoms with Gasteiger partial charge in [-0.15, -0.1) is 0 Å². The Balaban J connectivity index is 0.000000265. The fraction of sp³-hybridized carbons (Fsp3) is 0.361. The minimum atomic E-state index is 0. The monoisotopic (exact) mass is 2510 g/mol. The molecule has 9 aromatic carbocycles. The minimum Gasteiger partial charge on any atom is -1.00 e. The Hall–Kier alpha value is -6.06. The van der Waals surface area contributed by atoms with Gasteiger partial charge < -0.3 is 186 Å². The first-order valence-electron chi connectivity index (χ1n) is 45.7. The normalized spacial score (nSPS) is 13.4. The highest BCUT2D eigenvalue weighted by Crippen LogP contribution is 2.49. The number of unbranched alkanes of at least 4 members (excludes halogenated alkanes) is 3. The van der Waals surface area contributed by atoms with E-state index in [1.807, 2.05) is 35.3 Å². The van der Waals surface area contributed by atoms with Crippen molar-refractivity contribution in [2.24, 2.45) is 0 Å². The molecule has 0 unspecified atom stereocenters. The molecule has 15 rings (SSSR count). The molecule has 0 N–H and O–H groups in total. The Kier molecular flexibility index (Phi) is 46.0. The van der Waals surface area contributed by atoms with E-state index in [-0.39, 0.29) is 144 Å². The Morgan fingerprint density at radius 1 is 0.311 bits per heavy atom. The molecule has 0 saturated carbocycles. The van der Waals surface area contributed by atoms with Crippen LogP contribution in [0.25, 0.3) is 68.0 Å². The Morgan fingerprint density at radius 2 is 0.583 bits per heavy atom. The fourth-order valence-corrected chi connectivity index (χ4v) is 20.5. The first-order valence-corrected chi connectivity index (χ1v) is 48.2. The van der Waals surface area contributed by atoms with E-state index in [1.54, 1.807) is 21.3 Å². The van der Waals surface area contributed by atoms with Crippen molar-refractivity contribution in [2.45, 2.75) is 114 Å². The summed E-state index contributed by atoms with van der Waals surface area (Å²) in [4.78, 5) is 18.7. The maximum atomic E-state index is 5.78. The van der Waals surface area contributed by atoms with Crippen molar-refractivity contribution in [2.75, 3.05) is 193 Å². The second-order valence-corrected chi connectivity index (χ2v) is 39.0. The lowest BCUT2D eigenvalue weighted by Crippen LogP contribution is -3.00. The number of thioether (sulfide) groups is 3. The van der Waals surface area contributed by atoms with Gasteiger partial charge in [-0.25, -0.2) is 0 Å².